The lowest BCUT2D eigenvalue weighted by atomic mass is 10.0. The second-order valence-corrected chi connectivity index (χ2v) is 8.34. The van der Waals surface area contributed by atoms with Crippen molar-refractivity contribution in [2.24, 2.45) is 0 Å². The second kappa shape index (κ2) is 8.65. The Morgan fingerprint density at radius 3 is 2.75 bits per heavy atom. The van der Waals surface area contributed by atoms with Crippen molar-refractivity contribution in [3.05, 3.63) is 72.8 Å². The Balaban J connectivity index is 1.26. The van der Waals surface area contributed by atoms with Crippen molar-refractivity contribution >= 4 is 34.3 Å². The third kappa shape index (κ3) is 3.94. The van der Waals surface area contributed by atoms with E-state index in [1.54, 1.807) is 21.6 Å². The fraction of sp³-hybridized carbons (Fsp3) is 0.167. The summed E-state index contributed by atoms with van der Waals surface area (Å²) < 4.78 is 9.41. The van der Waals surface area contributed by atoms with Gasteiger partial charge in [-0.05, 0) is 48.7 Å². The highest BCUT2D eigenvalue weighted by molar-refractivity contribution is 5.86. The minimum atomic E-state index is -0.924. The van der Waals surface area contributed by atoms with E-state index in [9.17, 15) is 9.90 Å². The van der Waals surface area contributed by atoms with Crippen molar-refractivity contribution in [3.8, 4) is 11.5 Å². The summed E-state index contributed by atoms with van der Waals surface area (Å²) in [4.78, 5) is 25.8. The van der Waals surface area contributed by atoms with E-state index in [1.807, 2.05) is 43.3 Å². The van der Waals surface area contributed by atoms with Gasteiger partial charge < -0.3 is 20.1 Å². The van der Waals surface area contributed by atoms with Gasteiger partial charge in [0, 0.05) is 31.0 Å². The maximum absolute atomic E-state index is 11.2. The number of carboxylic acid groups (broad SMARTS) is 1. The predicted octanol–water partition coefficient (Wildman–Crippen LogP) is 3.78. The molecule has 0 unspecified atom stereocenters. The SMILES string of the molecule is Cc1cc(Nc2ncnn3cnc(C4=CCN(C(=O)O)CC4)c23)ccc1Oc1ccn2ncnc2c1. The van der Waals surface area contributed by atoms with Crippen molar-refractivity contribution in [2.75, 3.05) is 18.4 Å². The highest BCUT2D eigenvalue weighted by Crippen LogP contribution is 2.32. The van der Waals surface area contributed by atoms with Crippen LogP contribution in [0, 0.1) is 6.92 Å². The van der Waals surface area contributed by atoms with Gasteiger partial charge in [0.1, 0.15) is 36.0 Å². The average Bonchev–Trinajstić information content (AvgIpc) is 3.53. The molecule has 1 amide bonds. The third-order valence-corrected chi connectivity index (χ3v) is 6.04. The van der Waals surface area contributed by atoms with Crippen molar-refractivity contribution in [1.82, 2.24) is 39.1 Å². The smallest absolute Gasteiger partial charge is 0.407 e. The lowest BCUT2D eigenvalue weighted by molar-refractivity contribution is 0.150. The van der Waals surface area contributed by atoms with Gasteiger partial charge in [0.05, 0.1) is 5.69 Å². The minimum absolute atomic E-state index is 0.324. The van der Waals surface area contributed by atoms with Crippen LogP contribution in [0.2, 0.25) is 0 Å². The number of rotatable bonds is 5. The molecule has 0 fully saturated rings. The summed E-state index contributed by atoms with van der Waals surface area (Å²) in [6.45, 7) is 2.71. The maximum atomic E-state index is 11.2. The van der Waals surface area contributed by atoms with Gasteiger partial charge in [-0.2, -0.15) is 10.2 Å². The molecule has 2 N–H and O–H groups in total. The van der Waals surface area contributed by atoms with E-state index in [1.165, 1.54) is 17.6 Å². The number of fused-ring (bicyclic) bond motifs is 2. The maximum Gasteiger partial charge on any atom is 0.407 e. The number of aromatic nitrogens is 7. The van der Waals surface area contributed by atoms with Crippen LogP contribution in [0.5, 0.6) is 11.5 Å². The van der Waals surface area contributed by atoms with Crippen molar-refractivity contribution in [2.45, 2.75) is 13.3 Å². The Bertz CT molecular complexity index is 1640. The van der Waals surface area contributed by atoms with E-state index in [4.69, 9.17) is 4.74 Å². The zero-order chi connectivity index (χ0) is 24.6. The first-order valence-corrected chi connectivity index (χ1v) is 11.3. The monoisotopic (exact) mass is 483 g/mol. The number of amides is 1. The molecule has 4 aromatic heterocycles. The molecule has 180 valence electrons. The molecule has 0 radical (unpaired) electrons. The zero-order valence-electron chi connectivity index (χ0n) is 19.2. The Morgan fingerprint density at radius 1 is 1.08 bits per heavy atom. The Hall–Kier alpha value is -5.00. The number of imidazole rings is 1. The molecule has 12 heteroatoms. The molecular weight excluding hydrogens is 462 g/mol. The van der Waals surface area contributed by atoms with Crippen LogP contribution in [0.1, 0.15) is 17.7 Å². The van der Waals surface area contributed by atoms with Crippen LogP contribution in [0.4, 0.5) is 16.3 Å². The fourth-order valence-electron chi connectivity index (χ4n) is 4.20. The number of anilines is 2. The van der Waals surface area contributed by atoms with E-state index in [0.717, 1.165) is 33.8 Å². The topological polar surface area (TPSA) is 135 Å². The number of ether oxygens (including phenoxy) is 1. The molecule has 6 rings (SSSR count). The number of benzene rings is 1. The summed E-state index contributed by atoms with van der Waals surface area (Å²) in [5.74, 6) is 1.99. The highest BCUT2D eigenvalue weighted by atomic mass is 16.5. The number of hydrogen-bond acceptors (Lipinski definition) is 8. The van der Waals surface area contributed by atoms with Crippen LogP contribution in [-0.4, -0.2) is 63.4 Å². The number of aryl methyl sites for hydroxylation is 1. The Labute approximate surface area is 204 Å². The van der Waals surface area contributed by atoms with Crippen LogP contribution < -0.4 is 10.1 Å². The third-order valence-electron chi connectivity index (χ3n) is 6.04. The van der Waals surface area contributed by atoms with Crippen LogP contribution in [-0.2, 0) is 0 Å². The standard InChI is InChI=1S/C24H21N9O3/c1-15-10-17(2-3-19(15)36-18-6-9-32-20(11-18)25-12-28-32)30-23-22-21(27-14-33(22)29-13-26-23)16-4-7-31(8-5-16)24(34)35/h2-4,6,9-14H,5,7-8H2,1H3,(H,34,35)(H,26,29,30). The van der Waals surface area contributed by atoms with Gasteiger partial charge in [-0.25, -0.2) is 28.8 Å². The van der Waals surface area contributed by atoms with Crippen molar-refractivity contribution in [3.63, 3.8) is 0 Å². The fourth-order valence-corrected chi connectivity index (χ4v) is 4.20. The van der Waals surface area contributed by atoms with Gasteiger partial charge in [0.15, 0.2) is 11.5 Å². The Morgan fingerprint density at radius 2 is 1.94 bits per heavy atom. The lowest BCUT2D eigenvalue weighted by Gasteiger charge is -2.23. The average molecular weight is 483 g/mol. The van der Waals surface area contributed by atoms with Crippen LogP contribution in [0.3, 0.4) is 0 Å². The first kappa shape index (κ1) is 21.5. The molecule has 0 atom stereocenters. The molecule has 5 heterocycles. The van der Waals surface area contributed by atoms with Gasteiger partial charge in [0.2, 0.25) is 0 Å². The largest absolute Gasteiger partial charge is 0.465 e. The lowest BCUT2D eigenvalue weighted by Crippen LogP contribution is -2.33. The van der Waals surface area contributed by atoms with Crippen LogP contribution in [0.25, 0.3) is 16.7 Å². The van der Waals surface area contributed by atoms with Gasteiger partial charge in [0.25, 0.3) is 0 Å². The summed E-state index contributed by atoms with van der Waals surface area (Å²) in [5.41, 5.74) is 4.91. The molecule has 1 aromatic carbocycles. The summed E-state index contributed by atoms with van der Waals surface area (Å²) >= 11 is 0. The number of nitrogens with one attached hydrogen (secondary N) is 1. The van der Waals surface area contributed by atoms with E-state index in [-0.39, 0.29) is 0 Å². The van der Waals surface area contributed by atoms with Gasteiger partial charge in [-0.15, -0.1) is 0 Å². The molecule has 12 nitrogen and oxygen atoms in total. The first-order chi connectivity index (χ1) is 17.5. The molecule has 0 saturated carbocycles. The van der Waals surface area contributed by atoms with Crippen molar-refractivity contribution in [1.29, 1.82) is 0 Å². The second-order valence-electron chi connectivity index (χ2n) is 8.34. The molecule has 0 spiro atoms. The molecule has 0 saturated heterocycles. The molecular formula is C24H21N9O3. The molecule has 0 aliphatic carbocycles. The number of nitrogens with zero attached hydrogens (tertiary/aromatic N) is 8. The number of pyridine rings is 1. The van der Waals surface area contributed by atoms with E-state index >= 15 is 0 Å². The van der Waals surface area contributed by atoms with Crippen LogP contribution >= 0.6 is 0 Å². The van der Waals surface area contributed by atoms with E-state index < -0.39 is 6.09 Å². The number of carbonyl (C=O) groups is 1. The molecule has 1 aliphatic rings. The van der Waals surface area contributed by atoms with Gasteiger partial charge in [-0.1, -0.05) is 6.08 Å². The quantitative estimate of drug-likeness (QED) is 0.383. The molecule has 0 bridgehead atoms. The normalized spacial score (nSPS) is 13.7. The van der Waals surface area contributed by atoms with Gasteiger partial charge in [-0.3, -0.25) is 0 Å². The van der Waals surface area contributed by atoms with Crippen molar-refractivity contribution < 1.29 is 14.6 Å². The summed E-state index contributed by atoms with van der Waals surface area (Å²) in [6, 6.07) is 9.45. The van der Waals surface area contributed by atoms with E-state index in [0.29, 0.717) is 36.7 Å². The number of hydrogen-bond donors (Lipinski definition) is 2. The highest BCUT2D eigenvalue weighted by Gasteiger charge is 2.21. The Kier molecular flexibility index (Phi) is 5.17. The first-order valence-electron chi connectivity index (χ1n) is 11.3. The van der Waals surface area contributed by atoms with Crippen LogP contribution in [0.15, 0.2) is 61.6 Å². The molecule has 36 heavy (non-hydrogen) atoms. The summed E-state index contributed by atoms with van der Waals surface area (Å²) in [5, 5.41) is 21.0. The molecule has 5 aromatic rings. The summed E-state index contributed by atoms with van der Waals surface area (Å²) in [7, 11) is 0. The van der Waals surface area contributed by atoms with E-state index in [2.05, 4.69) is 30.5 Å². The zero-order valence-corrected chi connectivity index (χ0v) is 19.2. The van der Waals surface area contributed by atoms with Gasteiger partial charge >= 0.3 is 6.09 Å². The summed E-state index contributed by atoms with van der Waals surface area (Å²) in [6.07, 6.45) is 7.93. The minimum Gasteiger partial charge on any atom is -0.465 e. The predicted molar refractivity (Wildman–Crippen MR) is 130 cm³/mol. The molecule has 1 aliphatic heterocycles.